The van der Waals surface area contributed by atoms with Gasteiger partial charge in [-0.05, 0) is 37.5 Å². The van der Waals surface area contributed by atoms with E-state index in [4.69, 9.17) is 5.11 Å². The van der Waals surface area contributed by atoms with Gasteiger partial charge in [0.15, 0.2) is 0 Å². The van der Waals surface area contributed by atoms with Gasteiger partial charge >= 0.3 is 12.0 Å². The molecule has 1 aliphatic rings. The zero-order chi connectivity index (χ0) is 15.0. The molecule has 116 valence electrons. The highest BCUT2D eigenvalue weighted by molar-refractivity contribution is 5.74. The standard InChI is InChI=1S/C15H28N2O3/c1-3-12(7-8-14(18)19)9-10-16-15(20)17-13-6-4-5-11(13)2/h11-13H,3-10H2,1-2H3,(H,18,19)(H2,16,17,20). The molecule has 0 aromatic carbocycles. The summed E-state index contributed by atoms with van der Waals surface area (Å²) in [5, 5.41) is 14.6. The van der Waals surface area contributed by atoms with Gasteiger partial charge in [0, 0.05) is 19.0 Å². The lowest BCUT2D eigenvalue weighted by Crippen LogP contribution is -2.43. The van der Waals surface area contributed by atoms with Crippen LogP contribution in [0.3, 0.4) is 0 Å². The highest BCUT2D eigenvalue weighted by atomic mass is 16.4. The van der Waals surface area contributed by atoms with Crippen molar-refractivity contribution in [3.05, 3.63) is 0 Å². The van der Waals surface area contributed by atoms with Crippen LogP contribution in [0, 0.1) is 11.8 Å². The summed E-state index contributed by atoms with van der Waals surface area (Å²) in [7, 11) is 0. The van der Waals surface area contributed by atoms with E-state index in [-0.39, 0.29) is 12.5 Å². The van der Waals surface area contributed by atoms with E-state index < -0.39 is 5.97 Å². The van der Waals surface area contributed by atoms with E-state index in [1.807, 2.05) is 0 Å². The second kappa shape index (κ2) is 8.82. The Labute approximate surface area is 121 Å². The van der Waals surface area contributed by atoms with E-state index in [0.717, 1.165) is 19.3 Å². The minimum absolute atomic E-state index is 0.0863. The molecule has 2 amide bonds. The van der Waals surface area contributed by atoms with Crippen molar-refractivity contribution < 1.29 is 14.7 Å². The van der Waals surface area contributed by atoms with Crippen molar-refractivity contribution in [2.75, 3.05) is 6.54 Å². The topological polar surface area (TPSA) is 78.4 Å². The fourth-order valence-electron chi connectivity index (χ4n) is 2.85. The summed E-state index contributed by atoms with van der Waals surface area (Å²) >= 11 is 0. The summed E-state index contributed by atoms with van der Waals surface area (Å²) < 4.78 is 0. The number of aliphatic carboxylic acids is 1. The number of carboxylic acid groups (broad SMARTS) is 1. The van der Waals surface area contributed by atoms with Gasteiger partial charge in [-0.2, -0.15) is 0 Å². The van der Waals surface area contributed by atoms with Crippen LogP contribution >= 0.6 is 0 Å². The first-order valence-electron chi connectivity index (χ1n) is 7.79. The number of carboxylic acids is 1. The number of carbonyl (C=O) groups excluding carboxylic acids is 1. The van der Waals surface area contributed by atoms with Crippen LogP contribution in [-0.4, -0.2) is 29.7 Å². The quantitative estimate of drug-likeness (QED) is 0.641. The van der Waals surface area contributed by atoms with Gasteiger partial charge in [0.1, 0.15) is 0 Å². The first-order chi connectivity index (χ1) is 9.52. The van der Waals surface area contributed by atoms with Crippen molar-refractivity contribution in [2.24, 2.45) is 11.8 Å². The normalized spacial score (nSPS) is 23.3. The SMILES string of the molecule is CCC(CCNC(=O)NC1CCCC1C)CCC(=O)O. The smallest absolute Gasteiger partial charge is 0.315 e. The Morgan fingerprint density at radius 3 is 2.60 bits per heavy atom. The molecule has 0 aliphatic heterocycles. The summed E-state index contributed by atoms with van der Waals surface area (Å²) in [6.45, 7) is 4.86. The van der Waals surface area contributed by atoms with Gasteiger partial charge < -0.3 is 15.7 Å². The molecule has 0 bridgehead atoms. The molecule has 3 unspecified atom stereocenters. The number of amides is 2. The van der Waals surface area contributed by atoms with E-state index in [2.05, 4.69) is 24.5 Å². The lowest BCUT2D eigenvalue weighted by molar-refractivity contribution is -0.137. The first kappa shape index (κ1) is 16.8. The van der Waals surface area contributed by atoms with Gasteiger partial charge in [-0.1, -0.05) is 26.7 Å². The molecule has 0 heterocycles. The van der Waals surface area contributed by atoms with Crippen molar-refractivity contribution >= 4 is 12.0 Å². The summed E-state index contributed by atoms with van der Waals surface area (Å²) in [6.07, 6.45) is 6.16. The van der Waals surface area contributed by atoms with Gasteiger partial charge in [0.05, 0.1) is 0 Å². The Morgan fingerprint density at radius 1 is 1.30 bits per heavy atom. The Balaban J connectivity index is 2.15. The predicted molar refractivity (Wildman–Crippen MR) is 78.6 cm³/mol. The fourth-order valence-corrected chi connectivity index (χ4v) is 2.85. The number of carbonyl (C=O) groups is 2. The van der Waals surface area contributed by atoms with Crippen LogP contribution in [0.1, 0.15) is 58.8 Å². The minimum Gasteiger partial charge on any atom is -0.481 e. The van der Waals surface area contributed by atoms with Crippen LogP contribution in [0.5, 0.6) is 0 Å². The molecular weight excluding hydrogens is 256 g/mol. The number of hydrogen-bond donors (Lipinski definition) is 3. The lowest BCUT2D eigenvalue weighted by Gasteiger charge is -2.19. The average Bonchev–Trinajstić information content (AvgIpc) is 2.79. The van der Waals surface area contributed by atoms with Crippen molar-refractivity contribution in [2.45, 2.75) is 64.8 Å². The number of urea groups is 1. The third kappa shape index (κ3) is 6.26. The van der Waals surface area contributed by atoms with E-state index in [0.29, 0.717) is 30.8 Å². The van der Waals surface area contributed by atoms with Crippen molar-refractivity contribution in [3.63, 3.8) is 0 Å². The van der Waals surface area contributed by atoms with Crippen LogP contribution < -0.4 is 10.6 Å². The Morgan fingerprint density at radius 2 is 2.05 bits per heavy atom. The van der Waals surface area contributed by atoms with Crippen molar-refractivity contribution in [1.29, 1.82) is 0 Å². The van der Waals surface area contributed by atoms with E-state index in [1.165, 1.54) is 12.8 Å². The van der Waals surface area contributed by atoms with Crippen molar-refractivity contribution in [1.82, 2.24) is 10.6 Å². The fraction of sp³-hybridized carbons (Fsp3) is 0.867. The predicted octanol–water partition coefficient (Wildman–Crippen LogP) is 2.76. The number of nitrogens with one attached hydrogen (secondary N) is 2. The summed E-state index contributed by atoms with van der Waals surface area (Å²) in [5.41, 5.74) is 0. The highest BCUT2D eigenvalue weighted by Gasteiger charge is 2.24. The first-order valence-corrected chi connectivity index (χ1v) is 7.79. The zero-order valence-corrected chi connectivity index (χ0v) is 12.7. The van der Waals surface area contributed by atoms with Crippen molar-refractivity contribution in [3.8, 4) is 0 Å². The average molecular weight is 284 g/mol. The summed E-state index contributed by atoms with van der Waals surface area (Å²) in [6, 6.07) is 0.223. The third-order valence-electron chi connectivity index (χ3n) is 4.36. The highest BCUT2D eigenvalue weighted by Crippen LogP contribution is 2.24. The van der Waals surface area contributed by atoms with Crippen LogP contribution in [-0.2, 0) is 4.79 Å². The van der Waals surface area contributed by atoms with Crippen LogP contribution in [0.2, 0.25) is 0 Å². The molecule has 1 rings (SSSR count). The summed E-state index contributed by atoms with van der Waals surface area (Å²) in [5.74, 6) is 0.195. The molecule has 20 heavy (non-hydrogen) atoms. The molecule has 1 aliphatic carbocycles. The van der Waals surface area contributed by atoms with Crippen LogP contribution in [0.15, 0.2) is 0 Å². The van der Waals surface area contributed by atoms with E-state index >= 15 is 0 Å². The molecule has 0 spiro atoms. The molecule has 0 aromatic heterocycles. The molecule has 1 fully saturated rings. The molecule has 5 nitrogen and oxygen atoms in total. The second-order valence-electron chi connectivity index (χ2n) is 5.91. The van der Waals surface area contributed by atoms with Gasteiger partial charge in [-0.15, -0.1) is 0 Å². The van der Waals surface area contributed by atoms with Crippen LogP contribution in [0.4, 0.5) is 4.79 Å². The van der Waals surface area contributed by atoms with E-state index in [9.17, 15) is 9.59 Å². The molecule has 0 radical (unpaired) electrons. The maximum absolute atomic E-state index is 11.8. The second-order valence-corrected chi connectivity index (χ2v) is 5.91. The molecule has 3 N–H and O–H groups in total. The maximum Gasteiger partial charge on any atom is 0.315 e. The Kier molecular flexibility index (Phi) is 7.41. The minimum atomic E-state index is -0.746. The molecular formula is C15H28N2O3. The third-order valence-corrected chi connectivity index (χ3v) is 4.36. The van der Waals surface area contributed by atoms with Gasteiger partial charge in [-0.25, -0.2) is 4.79 Å². The molecule has 0 saturated heterocycles. The number of hydrogen-bond acceptors (Lipinski definition) is 2. The largest absolute Gasteiger partial charge is 0.481 e. The molecule has 1 saturated carbocycles. The van der Waals surface area contributed by atoms with Gasteiger partial charge in [0.25, 0.3) is 0 Å². The summed E-state index contributed by atoms with van der Waals surface area (Å²) in [4.78, 5) is 22.3. The monoisotopic (exact) mass is 284 g/mol. The van der Waals surface area contributed by atoms with Gasteiger partial charge in [-0.3, -0.25) is 4.79 Å². The molecule has 5 heteroatoms. The lowest BCUT2D eigenvalue weighted by atomic mass is 9.97. The zero-order valence-electron chi connectivity index (χ0n) is 12.7. The maximum atomic E-state index is 11.8. The Hall–Kier alpha value is -1.26. The Bertz CT molecular complexity index is 320. The van der Waals surface area contributed by atoms with Gasteiger partial charge in [0.2, 0.25) is 0 Å². The molecule has 0 aromatic rings. The van der Waals surface area contributed by atoms with E-state index in [1.54, 1.807) is 0 Å². The number of rotatable bonds is 8. The molecule has 3 atom stereocenters. The van der Waals surface area contributed by atoms with Crippen LogP contribution in [0.25, 0.3) is 0 Å².